The Kier molecular flexibility index (Phi) is 12.2. The summed E-state index contributed by atoms with van der Waals surface area (Å²) in [5, 5.41) is 13.2. The first kappa shape index (κ1) is 29.0. The zero-order valence-corrected chi connectivity index (χ0v) is 22.9. The van der Waals surface area contributed by atoms with Gasteiger partial charge in [-0.2, -0.15) is 0 Å². The monoisotopic (exact) mass is 510 g/mol. The third kappa shape index (κ3) is 10.3. The van der Waals surface area contributed by atoms with E-state index in [4.69, 9.17) is 4.74 Å². The Morgan fingerprint density at radius 3 is 2.30 bits per heavy atom. The maximum absolute atomic E-state index is 12.3. The number of nitrogens with one attached hydrogen (secondary N) is 1. The summed E-state index contributed by atoms with van der Waals surface area (Å²) in [7, 11) is 0. The molecule has 1 atom stereocenters. The van der Waals surface area contributed by atoms with Gasteiger partial charge in [-0.05, 0) is 55.8 Å². The number of rotatable bonds is 15. The third-order valence-electron chi connectivity index (χ3n) is 6.83. The van der Waals surface area contributed by atoms with Crippen molar-refractivity contribution in [2.75, 3.05) is 62.2 Å². The maximum Gasteiger partial charge on any atom is 0.223 e. The number of benzene rings is 2. The predicted octanol–water partition coefficient (Wildman–Crippen LogP) is 4.16. The van der Waals surface area contributed by atoms with E-state index < -0.39 is 6.10 Å². The molecule has 1 heterocycles. The number of hydrogen-bond donors (Lipinski definition) is 2. The van der Waals surface area contributed by atoms with Crippen molar-refractivity contribution < 1.29 is 14.6 Å². The lowest BCUT2D eigenvalue weighted by atomic mass is 10.1. The van der Waals surface area contributed by atoms with E-state index in [1.165, 1.54) is 18.5 Å². The van der Waals surface area contributed by atoms with Crippen molar-refractivity contribution in [3.05, 3.63) is 54.6 Å². The van der Waals surface area contributed by atoms with Crippen LogP contribution in [0.5, 0.6) is 5.75 Å². The molecular weight excluding hydrogens is 464 g/mol. The molecule has 2 aromatic carbocycles. The molecule has 1 fully saturated rings. The van der Waals surface area contributed by atoms with Crippen molar-refractivity contribution >= 4 is 17.3 Å². The first-order chi connectivity index (χ1) is 17.9. The summed E-state index contributed by atoms with van der Waals surface area (Å²) in [5.74, 6) is 0.751. The average molecular weight is 511 g/mol. The Balaban J connectivity index is 1.30. The molecule has 37 heavy (non-hydrogen) atoms. The van der Waals surface area contributed by atoms with Gasteiger partial charge in [0.15, 0.2) is 0 Å². The number of aliphatic hydroxyl groups is 1. The molecule has 1 amide bonds. The number of nitrogens with zero attached hydrogens (tertiary/aromatic N) is 3. The summed E-state index contributed by atoms with van der Waals surface area (Å²) in [5.41, 5.74) is 2.21. The van der Waals surface area contributed by atoms with E-state index in [1.807, 2.05) is 43.0 Å². The normalized spacial score (nSPS) is 15.1. The molecule has 1 aliphatic heterocycles. The third-order valence-corrected chi connectivity index (χ3v) is 6.83. The van der Waals surface area contributed by atoms with Crippen molar-refractivity contribution in [2.45, 2.75) is 58.6 Å². The molecular formula is C30H46N4O3. The van der Waals surface area contributed by atoms with Gasteiger partial charge in [0.2, 0.25) is 5.91 Å². The van der Waals surface area contributed by atoms with E-state index in [1.54, 1.807) is 6.92 Å². The Hall–Kier alpha value is -2.61. The Labute approximate surface area is 223 Å². The highest BCUT2D eigenvalue weighted by Gasteiger charge is 2.17. The highest BCUT2D eigenvalue weighted by molar-refractivity contribution is 5.91. The van der Waals surface area contributed by atoms with Crippen LogP contribution in [0.2, 0.25) is 0 Å². The van der Waals surface area contributed by atoms with Crippen LogP contribution in [0.1, 0.15) is 46.5 Å². The maximum atomic E-state index is 12.3. The fraction of sp³-hybridized carbons (Fsp3) is 0.567. The van der Waals surface area contributed by atoms with E-state index >= 15 is 0 Å². The highest BCUT2D eigenvalue weighted by Crippen LogP contribution is 2.21. The molecule has 0 aromatic heterocycles. The van der Waals surface area contributed by atoms with Gasteiger partial charge in [0.25, 0.3) is 0 Å². The fourth-order valence-electron chi connectivity index (χ4n) is 4.64. The molecule has 3 rings (SSSR count). The fourth-order valence-corrected chi connectivity index (χ4v) is 4.64. The number of ether oxygens (including phenoxy) is 1. The van der Waals surface area contributed by atoms with Gasteiger partial charge < -0.3 is 25.0 Å². The van der Waals surface area contributed by atoms with E-state index in [-0.39, 0.29) is 12.5 Å². The SMILES string of the molecule is CC(=O)N(CCCCCCN1CCN(c2ccccc2)CC1)c1ccc(OC[C@@H](O)CNC(C)C)cc1. The lowest BCUT2D eigenvalue weighted by molar-refractivity contribution is -0.116. The molecule has 7 heteroatoms. The molecule has 0 aliphatic carbocycles. The van der Waals surface area contributed by atoms with Gasteiger partial charge in [-0.1, -0.05) is 44.9 Å². The van der Waals surface area contributed by atoms with Crippen molar-refractivity contribution in [3.8, 4) is 5.75 Å². The topological polar surface area (TPSA) is 68.3 Å². The summed E-state index contributed by atoms with van der Waals surface area (Å²) in [6, 6.07) is 18.6. The van der Waals surface area contributed by atoms with Gasteiger partial charge in [0.1, 0.15) is 18.5 Å². The number of piperazine rings is 1. The van der Waals surface area contributed by atoms with Crippen LogP contribution in [-0.4, -0.2) is 80.5 Å². The Bertz CT molecular complexity index is 899. The van der Waals surface area contributed by atoms with E-state index in [9.17, 15) is 9.90 Å². The second kappa shape index (κ2) is 15.6. The molecule has 1 aliphatic rings. The molecule has 0 bridgehead atoms. The van der Waals surface area contributed by atoms with Gasteiger partial charge in [-0.25, -0.2) is 0 Å². The Morgan fingerprint density at radius 2 is 1.65 bits per heavy atom. The van der Waals surface area contributed by atoms with Crippen LogP contribution in [0.25, 0.3) is 0 Å². The molecule has 0 spiro atoms. The molecule has 2 aromatic rings. The molecule has 0 saturated carbocycles. The van der Waals surface area contributed by atoms with Gasteiger partial charge in [0.05, 0.1) is 0 Å². The zero-order valence-electron chi connectivity index (χ0n) is 22.9. The van der Waals surface area contributed by atoms with Crippen LogP contribution in [0, 0.1) is 0 Å². The van der Waals surface area contributed by atoms with Crippen molar-refractivity contribution in [1.29, 1.82) is 0 Å². The second-order valence-electron chi connectivity index (χ2n) is 10.3. The van der Waals surface area contributed by atoms with Crippen LogP contribution in [0.4, 0.5) is 11.4 Å². The van der Waals surface area contributed by atoms with E-state index in [2.05, 4.69) is 45.4 Å². The van der Waals surface area contributed by atoms with E-state index in [0.717, 1.165) is 57.8 Å². The van der Waals surface area contributed by atoms with Gasteiger partial charge >= 0.3 is 0 Å². The smallest absolute Gasteiger partial charge is 0.223 e. The van der Waals surface area contributed by atoms with Crippen molar-refractivity contribution in [2.24, 2.45) is 0 Å². The number of unbranched alkanes of at least 4 members (excludes halogenated alkanes) is 3. The van der Waals surface area contributed by atoms with Crippen LogP contribution >= 0.6 is 0 Å². The predicted molar refractivity (Wildman–Crippen MR) is 153 cm³/mol. The second-order valence-corrected chi connectivity index (χ2v) is 10.3. The summed E-state index contributed by atoms with van der Waals surface area (Å²) < 4.78 is 5.70. The summed E-state index contributed by atoms with van der Waals surface area (Å²) in [6.45, 7) is 12.8. The van der Waals surface area contributed by atoms with Crippen LogP contribution in [0.3, 0.4) is 0 Å². The van der Waals surface area contributed by atoms with Gasteiger partial charge in [-0.3, -0.25) is 9.69 Å². The van der Waals surface area contributed by atoms with Gasteiger partial charge in [-0.15, -0.1) is 0 Å². The van der Waals surface area contributed by atoms with Crippen molar-refractivity contribution in [3.63, 3.8) is 0 Å². The molecule has 1 saturated heterocycles. The lowest BCUT2D eigenvalue weighted by Gasteiger charge is -2.36. The highest BCUT2D eigenvalue weighted by atomic mass is 16.5. The number of amides is 1. The molecule has 204 valence electrons. The number of anilines is 2. The number of aliphatic hydroxyl groups excluding tert-OH is 1. The molecule has 7 nitrogen and oxygen atoms in total. The number of para-hydroxylation sites is 1. The Morgan fingerprint density at radius 1 is 0.973 bits per heavy atom. The first-order valence-electron chi connectivity index (χ1n) is 13.9. The van der Waals surface area contributed by atoms with Crippen LogP contribution in [-0.2, 0) is 4.79 Å². The zero-order chi connectivity index (χ0) is 26.5. The molecule has 0 unspecified atom stereocenters. The van der Waals surface area contributed by atoms with Crippen molar-refractivity contribution in [1.82, 2.24) is 10.2 Å². The van der Waals surface area contributed by atoms with E-state index in [0.29, 0.717) is 18.3 Å². The standard InChI is InChI=1S/C30H46N4O3/c1-25(2)31-23-29(36)24-37-30-15-13-28(14-16-30)34(26(3)35)18-10-5-4-9-17-32-19-21-33(22-20-32)27-11-7-6-8-12-27/h6-8,11-16,25,29,31,36H,4-5,9-10,17-24H2,1-3H3/t29-/m0/s1. The largest absolute Gasteiger partial charge is 0.491 e. The summed E-state index contributed by atoms with van der Waals surface area (Å²) in [6.07, 6.45) is 3.95. The minimum Gasteiger partial charge on any atom is -0.491 e. The minimum atomic E-state index is -0.560. The van der Waals surface area contributed by atoms with Crippen LogP contribution < -0.4 is 19.9 Å². The first-order valence-corrected chi connectivity index (χ1v) is 13.9. The minimum absolute atomic E-state index is 0.0557. The number of hydrogen-bond acceptors (Lipinski definition) is 6. The number of carbonyl (C=O) groups excluding carboxylic acids is 1. The number of carbonyl (C=O) groups is 1. The molecule has 0 radical (unpaired) electrons. The van der Waals surface area contributed by atoms with Gasteiger partial charge in [0, 0.05) is 63.6 Å². The quantitative estimate of drug-likeness (QED) is 0.351. The summed E-state index contributed by atoms with van der Waals surface area (Å²) >= 11 is 0. The van der Waals surface area contributed by atoms with Crippen LogP contribution in [0.15, 0.2) is 54.6 Å². The molecule has 2 N–H and O–H groups in total. The average Bonchev–Trinajstić information content (AvgIpc) is 2.91. The summed E-state index contributed by atoms with van der Waals surface area (Å²) in [4.78, 5) is 19.2. The lowest BCUT2D eigenvalue weighted by Crippen LogP contribution is -2.46.